The monoisotopic (exact) mass is 934 g/mol. The van der Waals surface area contributed by atoms with Crippen molar-refractivity contribution in [3.63, 3.8) is 0 Å². The van der Waals surface area contributed by atoms with Gasteiger partial charge < -0.3 is 44.8 Å². The minimum Gasteiger partial charge on any atom is -0.486 e. The highest BCUT2D eigenvalue weighted by Crippen LogP contribution is 2.40. The number of nitrogens with one attached hydrogen (secondary N) is 2. The predicted molar refractivity (Wildman–Crippen MR) is 270 cm³/mol. The molecule has 0 spiro atoms. The van der Waals surface area contributed by atoms with Crippen molar-refractivity contribution in [2.75, 3.05) is 59.3 Å². The van der Waals surface area contributed by atoms with Crippen LogP contribution in [0.15, 0.2) is 131 Å². The highest BCUT2D eigenvalue weighted by molar-refractivity contribution is 6.00. The van der Waals surface area contributed by atoms with Crippen molar-refractivity contribution >= 4 is 23.4 Å². The molecular formula is C55H71N3O10. The zero-order chi connectivity index (χ0) is 49.4. The molecule has 366 valence electrons. The van der Waals surface area contributed by atoms with Crippen LogP contribution in [0, 0.1) is 5.41 Å². The molecule has 4 N–H and O–H groups in total. The number of nitrogens with two attached hydrogens (primary N) is 1. The van der Waals surface area contributed by atoms with Gasteiger partial charge in [0.1, 0.15) is 45.4 Å². The standard InChI is InChI=1S/C55H71N3O10/c1-7-36-63-46-26-17-22-42(50(46)66-39-10-4)45(59)25-13-15-30-55(49(60)29-14-16-33-56,31-20-34-57-53(61)43-23-18-27-47(64-37-8-2)51(43)67-40-11-5)32-21-35-58-54(62)44-24-19-28-48(65-38-9-3)52(44)68-41-12-6/h7-12,17-19,22-24,26-28H,1-6,13-16,20-21,25,29-41,56H2,(H,57,61)(H,58,62). The van der Waals surface area contributed by atoms with Crippen LogP contribution in [0.25, 0.3) is 0 Å². The summed E-state index contributed by atoms with van der Waals surface area (Å²) in [5, 5.41) is 6.04. The van der Waals surface area contributed by atoms with Gasteiger partial charge in [0, 0.05) is 31.3 Å². The average molecular weight is 934 g/mol. The molecule has 0 aromatic heterocycles. The second-order valence-electron chi connectivity index (χ2n) is 15.8. The van der Waals surface area contributed by atoms with Gasteiger partial charge in [0.2, 0.25) is 0 Å². The van der Waals surface area contributed by atoms with Crippen LogP contribution in [0.1, 0.15) is 102 Å². The molecule has 3 rings (SSSR count). The molecule has 0 heterocycles. The zero-order valence-electron chi connectivity index (χ0n) is 39.7. The Bertz CT molecular complexity index is 1930. The molecule has 0 unspecified atom stereocenters. The Kier molecular flexibility index (Phi) is 26.1. The van der Waals surface area contributed by atoms with Gasteiger partial charge in [0.05, 0.1) is 16.7 Å². The molecule has 0 bridgehead atoms. The maximum Gasteiger partial charge on any atom is 0.255 e. The van der Waals surface area contributed by atoms with Crippen molar-refractivity contribution in [3.05, 3.63) is 147 Å². The lowest BCUT2D eigenvalue weighted by Crippen LogP contribution is -2.35. The Morgan fingerprint density at radius 3 is 1.25 bits per heavy atom. The molecular weight excluding hydrogens is 863 g/mol. The van der Waals surface area contributed by atoms with Crippen LogP contribution in [-0.2, 0) is 4.79 Å². The van der Waals surface area contributed by atoms with Crippen LogP contribution in [-0.4, -0.2) is 82.7 Å². The first-order valence-corrected chi connectivity index (χ1v) is 23.3. The Labute approximate surface area is 403 Å². The molecule has 0 aliphatic rings. The molecule has 0 fully saturated rings. The summed E-state index contributed by atoms with van der Waals surface area (Å²) >= 11 is 0. The van der Waals surface area contributed by atoms with E-state index in [2.05, 4.69) is 50.1 Å². The van der Waals surface area contributed by atoms with Crippen LogP contribution in [0.2, 0.25) is 0 Å². The minimum atomic E-state index is -0.836. The molecule has 0 radical (unpaired) electrons. The van der Waals surface area contributed by atoms with Gasteiger partial charge in [0.25, 0.3) is 11.8 Å². The van der Waals surface area contributed by atoms with Crippen molar-refractivity contribution < 1.29 is 47.6 Å². The normalized spacial score (nSPS) is 10.7. The highest BCUT2D eigenvalue weighted by atomic mass is 16.5. The van der Waals surface area contributed by atoms with Gasteiger partial charge in [-0.05, 0) is 94.3 Å². The SMILES string of the molecule is C=CCOc1cccc(C(=O)CCCCC(CCCNC(=O)c2cccc(OCC=C)c2OCC=C)(CCCNC(=O)c2cccc(OCC=C)c2OCC=C)C(=O)CCCCN)c1OCC=C. The fourth-order valence-corrected chi connectivity index (χ4v) is 7.60. The first-order valence-electron chi connectivity index (χ1n) is 23.3. The number of rotatable bonds is 39. The van der Waals surface area contributed by atoms with E-state index >= 15 is 0 Å². The summed E-state index contributed by atoms with van der Waals surface area (Å²) < 4.78 is 35.0. The highest BCUT2D eigenvalue weighted by Gasteiger charge is 2.36. The fraction of sp³-hybridized carbons (Fsp3) is 0.382. The number of hydrogen-bond acceptors (Lipinski definition) is 11. The summed E-state index contributed by atoms with van der Waals surface area (Å²) in [5.74, 6) is 1.40. The Morgan fingerprint density at radius 1 is 0.471 bits per heavy atom. The van der Waals surface area contributed by atoms with E-state index in [1.165, 1.54) is 0 Å². The van der Waals surface area contributed by atoms with Crippen LogP contribution in [0.3, 0.4) is 0 Å². The number of ether oxygens (including phenoxy) is 6. The summed E-state index contributed by atoms with van der Waals surface area (Å²) in [4.78, 5) is 55.7. The third kappa shape index (κ3) is 17.7. The van der Waals surface area contributed by atoms with Crippen molar-refractivity contribution in [1.82, 2.24) is 10.6 Å². The molecule has 13 nitrogen and oxygen atoms in total. The lowest BCUT2D eigenvalue weighted by molar-refractivity contribution is -0.130. The summed E-state index contributed by atoms with van der Waals surface area (Å²) in [6.45, 7) is 24.5. The molecule has 3 aromatic carbocycles. The minimum absolute atomic E-state index is 0.0847. The predicted octanol–water partition coefficient (Wildman–Crippen LogP) is 9.92. The molecule has 0 saturated carbocycles. The van der Waals surface area contributed by atoms with Gasteiger partial charge in [-0.15, -0.1) is 0 Å². The quantitative estimate of drug-likeness (QED) is 0.0282. The molecule has 0 aliphatic carbocycles. The van der Waals surface area contributed by atoms with E-state index in [1.54, 1.807) is 91.1 Å². The maximum atomic E-state index is 14.6. The second-order valence-corrected chi connectivity index (χ2v) is 15.8. The molecule has 3 aromatic rings. The van der Waals surface area contributed by atoms with Crippen molar-refractivity contribution in [2.24, 2.45) is 11.1 Å². The zero-order valence-corrected chi connectivity index (χ0v) is 39.7. The number of para-hydroxylation sites is 3. The van der Waals surface area contributed by atoms with E-state index in [0.29, 0.717) is 122 Å². The summed E-state index contributed by atoms with van der Waals surface area (Å²) in [7, 11) is 0. The third-order valence-corrected chi connectivity index (χ3v) is 10.8. The van der Waals surface area contributed by atoms with Gasteiger partial charge >= 0.3 is 0 Å². The first kappa shape index (κ1) is 55.5. The van der Waals surface area contributed by atoms with Crippen molar-refractivity contribution in [3.8, 4) is 34.5 Å². The van der Waals surface area contributed by atoms with E-state index in [0.717, 1.165) is 0 Å². The molecule has 0 atom stereocenters. The topological polar surface area (TPSA) is 174 Å². The molecule has 2 amide bonds. The lowest BCUT2D eigenvalue weighted by Gasteiger charge is -2.33. The van der Waals surface area contributed by atoms with Crippen molar-refractivity contribution in [2.45, 2.75) is 70.6 Å². The van der Waals surface area contributed by atoms with Gasteiger partial charge in [-0.1, -0.05) is 101 Å². The van der Waals surface area contributed by atoms with E-state index < -0.39 is 5.41 Å². The van der Waals surface area contributed by atoms with Crippen LogP contribution < -0.4 is 44.8 Å². The molecule has 68 heavy (non-hydrogen) atoms. The van der Waals surface area contributed by atoms with Crippen LogP contribution in [0.4, 0.5) is 0 Å². The van der Waals surface area contributed by atoms with E-state index in [4.69, 9.17) is 34.2 Å². The number of unbranched alkanes of at least 4 members (excludes halogenated alkanes) is 2. The molecule has 0 aliphatic heterocycles. The number of carbonyl (C=O) groups excluding carboxylic acids is 4. The molecule has 0 saturated heterocycles. The average Bonchev–Trinajstić information content (AvgIpc) is 3.35. The maximum absolute atomic E-state index is 14.6. The second kappa shape index (κ2) is 31.9. The van der Waals surface area contributed by atoms with Crippen molar-refractivity contribution in [1.29, 1.82) is 0 Å². The number of amides is 2. The number of Topliss-reactive ketones (excluding diaryl/α,β-unsaturated/α-hetero) is 2. The number of carbonyl (C=O) groups is 4. The van der Waals surface area contributed by atoms with Gasteiger partial charge in [0.15, 0.2) is 40.3 Å². The smallest absolute Gasteiger partial charge is 0.255 e. The number of ketones is 2. The fourth-order valence-electron chi connectivity index (χ4n) is 7.60. The van der Waals surface area contributed by atoms with E-state index in [1.807, 2.05) is 0 Å². The Morgan fingerprint density at radius 2 is 0.838 bits per heavy atom. The summed E-state index contributed by atoms with van der Waals surface area (Å²) in [6.07, 6.45) is 14.8. The molecule has 13 heteroatoms. The lowest BCUT2D eigenvalue weighted by atomic mass is 9.70. The van der Waals surface area contributed by atoms with E-state index in [9.17, 15) is 19.2 Å². The van der Waals surface area contributed by atoms with Gasteiger partial charge in [-0.3, -0.25) is 19.2 Å². The summed E-state index contributed by atoms with van der Waals surface area (Å²) in [6, 6.07) is 15.4. The van der Waals surface area contributed by atoms with E-state index in [-0.39, 0.29) is 82.5 Å². The Hall–Kier alpha value is -6.86. The first-order chi connectivity index (χ1) is 33.1. The van der Waals surface area contributed by atoms with Gasteiger partial charge in [-0.25, -0.2) is 0 Å². The van der Waals surface area contributed by atoms with Crippen LogP contribution in [0.5, 0.6) is 34.5 Å². The number of benzene rings is 3. The van der Waals surface area contributed by atoms with Gasteiger partial charge in [-0.2, -0.15) is 0 Å². The largest absolute Gasteiger partial charge is 0.486 e. The Balaban J connectivity index is 1.89. The number of hydrogen-bond donors (Lipinski definition) is 3. The summed E-state index contributed by atoms with van der Waals surface area (Å²) in [5.41, 5.74) is 6.01. The third-order valence-electron chi connectivity index (χ3n) is 10.8. The van der Waals surface area contributed by atoms with Crippen LogP contribution >= 0.6 is 0 Å².